The molecular formula is C19H25FIN5. The number of nitrogens with zero attached hydrogens (tertiary/aromatic N) is 4. The average Bonchev–Trinajstić information content (AvgIpc) is 2.67. The second-order valence-corrected chi connectivity index (χ2v) is 5.97. The highest BCUT2D eigenvalue weighted by molar-refractivity contribution is 14.0. The minimum Gasteiger partial charge on any atom is -0.366 e. The molecule has 1 aromatic carbocycles. The summed E-state index contributed by atoms with van der Waals surface area (Å²) in [5.41, 5.74) is 1.75. The smallest absolute Gasteiger partial charge is 0.193 e. The van der Waals surface area contributed by atoms with Gasteiger partial charge in [0.15, 0.2) is 5.96 Å². The lowest BCUT2D eigenvalue weighted by atomic mass is 10.2. The number of pyridine rings is 1. The van der Waals surface area contributed by atoms with Crippen LogP contribution in [0.15, 0.2) is 53.7 Å². The van der Waals surface area contributed by atoms with E-state index >= 15 is 0 Å². The predicted octanol–water partition coefficient (Wildman–Crippen LogP) is 2.78. The van der Waals surface area contributed by atoms with Gasteiger partial charge in [-0.2, -0.15) is 0 Å². The Bertz CT molecular complexity index is 702. The van der Waals surface area contributed by atoms with E-state index < -0.39 is 0 Å². The van der Waals surface area contributed by atoms with Crippen LogP contribution in [0.1, 0.15) is 5.69 Å². The van der Waals surface area contributed by atoms with Crippen molar-refractivity contribution in [3.63, 3.8) is 0 Å². The number of halogens is 2. The Hall–Kier alpha value is -1.90. The molecule has 1 saturated heterocycles. The number of aromatic nitrogens is 1. The summed E-state index contributed by atoms with van der Waals surface area (Å²) in [6, 6.07) is 12.9. The maximum atomic E-state index is 13.9. The zero-order valence-electron chi connectivity index (χ0n) is 14.9. The van der Waals surface area contributed by atoms with Crippen LogP contribution in [0, 0.1) is 5.82 Å². The fourth-order valence-corrected chi connectivity index (χ4v) is 3.05. The van der Waals surface area contributed by atoms with Gasteiger partial charge >= 0.3 is 0 Å². The third-order valence-corrected chi connectivity index (χ3v) is 4.37. The molecule has 2 aromatic rings. The minimum absolute atomic E-state index is 0. The quantitative estimate of drug-likeness (QED) is 0.425. The highest BCUT2D eigenvalue weighted by Crippen LogP contribution is 2.20. The lowest BCUT2D eigenvalue weighted by Gasteiger charge is -2.37. The first-order valence-corrected chi connectivity index (χ1v) is 8.63. The third kappa shape index (κ3) is 5.30. The van der Waals surface area contributed by atoms with Gasteiger partial charge in [0.05, 0.1) is 5.69 Å². The van der Waals surface area contributed by atoms with Gasteiger partial charge in [-0.05, 0) is 24.3 Å². The summed E-state index contributed by atoms with van der Waals surface area (Å²) in [6.45, 7) is 3.98. The van der Waals surface area contributed by atoms with Crippen LogP contribution in [0.4, 0.5) is 10.1 Å². The summed E-state index contributed by atoms with van der Waals surface area (Å²) in [5.74, 6) is 0.734. The maximum Gasteiger partial charge on any atom is 0.193 e. The molecule has 7 heteroatoms. The van der Waals surface area contributed by atoms with Gasteiger partial charge in [-0.1, -0.05) is 18.2 Å². The van der Waals surface area contributed by atoms with E-state index in [9.17, 15) is 4.39 Å². The highest BCUT2D eigenvalue weighted by atomic mass is 127. The van der Waals surface area contributed by atoms with Crippen LogP contribution in [0.3, 0.4) is 0 Å². The van der Waals surface area contributed by atoms with E-state index in [0.29, 0.717) is 5.69 Å². The van der Waals surface area contributed by atoms with E-state index in [1.165, 1.54) is 6.07 Å². The van der Waals surface area contributed by atoms with Crippen molar-refractivity contribution in [2.75, 3.05) is 44.7 Å². The number of aliphatic imine (C=N–C) groups is 1. The number of anilines is 1. The summed E-state index contributed by atoms with van der Waals surface area (Å²) < 4.78 is 13.9. The van der Waals surface area contributed by atoms with E-state index in [4.69, 9.17) is 0 Å². The van der Waals surface area contributed by atoms with Crippen LogP contribution in [-0.2, 0) is 6.42 Å². The van der Waals surface area contributed by atoms with Gasteiger partial charge in [0.2, 0.25) is 0 Å². The molecule has 0 spiro atoms. The maximum absolute atomic E-state index is 13.9. The van der Waals surface area contributed by atoms with Crippen LogP contribution >= 0.6 is 24.0 Å². The van der Waals surface area contributed by atoms with Crippen molar-refractivity contribution in [1.82, 2.24) is 15.2 Å². The fraction of sp³-hybridized carbons (Fsp3) is 0.368. The van der Waals surface area contributed by atoms with Crippen molar-refractivity contribution in [2.24, 2.45) is 4.99 Å². The zero-order chi connectivity index (χ0) is 17.5. The molecule has 1 aliphatic heterocycles. The van der Waals surface area contributed by atoms with Crippen LogP contribution in [0.25, 0.3) is 0 Å². The van der Waals surface area contributed by atoms with Gasteiger partial charge < -0.3 is 15.1 Å². The number of guanidine groups is 1. The number of nitrogens with one attached hydrogen (secondary N) is 1. The van der Waals surface area contributed by atoms with Crippen molar-refractivity contribution in [3.05, 3.63) is 60.2 Å². The van der Waals surface area contributed by atoms with Gasteiger partial charge in [-0.3, -0.25) is 9.98 Å². The molecule has 1 N–H and O–H groups in total. The number of hydrogen-bond acceptors (Lipinski definition) is 3. The zero-order valence-corrected chi connectivity index (χ0v) is 17.3. The number of hydrogen-bond donors (Lipinski definition) is 1. The Morgan fingerprint density at radius 1 is 1.12 bits per heavy atom. The molecule has 0 atom stereocenters. The first-order valence-electron chi connectivity index (χ1n) is 8.63. The first kappa shape index (κ1) is 20.4. The minimum atomic E-state index is -0.159. The Morgan fingerprint density at radius 3 is 2.50 bits per heavy atom. The molecule has 5 nitrogen and oxygen atoms in total. The predicted molar refractivity (Wildman–Crippen MR) is 115 cm³/mol. The van der Waals surface area contributed by atoms with E-state index in [0.717, 1.165) is 50.8 Å². The average molecular weight is 469 g/mol. The molecule has 140 valence electrons. The van der Waals surface area contributed by atoms with Crippen molar-refractivity contribution in [3.8, 4) is 0 Å². The summed E-state index contributed by atoms with van der Waals surface area (Å²) in [5, 5.41) is 3.40. The Balaban J connectivity index is 0.00000243. The molecular weight excluding hydrogens is 444 g/mol. The molecule has 3 rings (SSSR count). The van der Waals surface area contributed by atoms with Gasteiger partial charge in [-0.25, -0.2) is 4.39 Å². The van der Waals surface area contributed by atoms with E-state index in [1.807, 2.05) is 36.5 Å². The summed E-state index contributed by atoms with van der Waals surface area (Å²) in [7, 11) is 1.80. The number of rotatable bonds is 4. The molecule has 1 aromatic heterocycles. The highest BCUT2D eigenvalue weighted by Gasteiger charge is 2.21. The monoisotopic (exact) mass is 469 g/mol. The third-order valence-electron chi connectivity index (χ3n) is 4.37. The normalized spacial score (nSPS) is 14.8. The van der Waals surface area contributed by atoms with Crippen LogP contribution in [0.5, 0.6) is 0 Å². The molecule has 26 heavy (non-hydrogen) atoms. The van der Waals surface area contributed by atoms with Gasteiger partial charge in [0.25, 0.3) is 0 Å². The molecule has 0 radical (unpaired) electrons. The lowest BCUT2D eigenvalue weighted by Crippen LogP contribution is -2.53. The number of para-hydroxylation sites is 1. The van der Waals surface area contributed by atoms with E-state index in [1.54, 1.807) is 13.1 Å². The van der Waals surface area contributed by atoms with Crippen molar-refractivity contribution in [2.45, 2.75) is 6.42 Å². The summed E-state index contributed by atoms with van der Waals surface area (Å²) >= 11 is 0. The lowest BCUT2D eigenvalue weighted by molar-refractivity contribution is 0.371. The molecule has 0 amide bonds. The Morgan fingerprint density at radius 2 is 1.85 bits per heavy atom. The second kappa shape index (κ2) is 10.3. The van der Waals surface area contributed by atoms with E-state index in [-0.39, 0.29) is 29.8 Å². The Labute approximate surface area is 171 Å². The largest absolute Gasteiger partial charge is 0.366 e. The van der Waals surface area contributed by atoms with Gasteiger partial charge in [0, 0.05) is 58.1 Å². The topological polar surface area (TPSA) is 43.8 Å². The van der Waals surface area contributed by atoms with Crippen molar-refractivity contribution >= 4 is 35.6 Å². The van der Waals surface area contributed by atoms with Crippen LogP contribution in [-0.4, -0.2) is 55.6 Å². The second-order valence-electron chi connectivity index (χ2n) is 5.97. The molecule has 0 bridgehead atoms. The first-order chi connectivity index (χ1) is 12.3. The molecule has 0 saturated carbocycles. The van der Waals surface area contributed by atoms with Crippen LogP contribution < -0.4 is 10.2 Å². The summed E-state index contributed by atoms with van der Waals surface area (Å²) in [6.07, 6.45) is 2.67. The standard InChI is InChI=1S/C19H24FN5.HI/c1-21-19(23-11-9-16-6-4-5-10-22-16)25-14-12-24(13-15-25)18-8-3-2-7-17(18)20;/h2-8,10H,9,11-15H2,1H3,(H,21,23);1H. The number of benzene rings is 1. The van der Waals surface area contributed by atoms with Crippen molar-refractivity contribution < 1.29 is 4.39 Å². The SMILES string of the molecule is CN=C(NCCc1ccccn1)N1CCN(c2ccccc2F)CC1.I. The van der Waals surface area contributed by atoms with Gasteiger partial charge in [-0.15, -0.1) is 24.0 Å². The molecule has 1 fully saturated rings. The van der Waals surface area contributed by atoms with Crippen LogP contribution in [0.2, 0.25) is 0 Å². The molecule has 0 unspecified atom stereocenters. The van der Waals surface area contributed by atoms with Crippen molar-refractivity contribution in [1.29, 1.82) is 0 Å². The molecule has 2 heterocycles. The Kier molecular flexibility index (Phi) is 8.08. The summed E-state index contributed by atoms with van der Waals surface area (Å²) in [4.78, 5) is 13.0. The van der Waals surface area contributed by atoms with Gasteiger partial charge in [0.1, 0.15) is 5.82 Å². The molecule has 0 aliphatic carbocycles. The number of piperazine rings is 1. The molecule has 1 aliphatic rings. The van der Waals surface area contributed by atoms with E-state index in [2.05, 4.69) is 25.1 Å². The fourth-order valence-electron chi connectivity index (χ4n) is 3.05.